The molecular formula is C11H13NS. The molecule has 0 spiro atoms. The van der Waals surface area contributed by atoms with Gasteiger partial charge in [0.05, 0.1) is 5.69 Å². The molecule has 0 saturated heterocycles. The molecule has 1 aliphatic rings. The summed E-state index contributed by atoms with van der Waals surface area (Å²) in [6.45, 7) is 6.42. The zero-order valence-corrected chi connectivity index (χ0v) is 8.96. The fourth-order valence-electron chi connectivity index (χ4n) is 1.37. The zero-order chi connectivity index (χ0) is 9.42. The van der Waals surface area contributed by atoms with Crippen molar-refractivity contribution in [1.29, 1.82) is 0 Å². The van der Waals surface area contributed by atoms with Crippen LogP contribution in [0.2, 0.25) is 0 Å². The maximum atomic E-state index is 3.30. The van der Waals surface area contributed by atoms with E-state index in [0.29, 0.717) is 0 Å². The van der Waals surface area contributed by atoms with E-state index in [2.05, 4.69) is 44.4 Å². The van der Waals surface area contributed by atoms with Crippen LogP contribution in [0.15, 0.2) is 28.1 Å². The molecule has 0 atom stereocenters. The number of thioether (sulfide) groups is 1. The van der Waals surface area contributed by atoms with Gasteiger partial charge in [-0.1, -0.05) is 11.8 Å². The van der Waals surface area contributed by atoms with Crippen molar-refractivity contribution in [3.05, 3.63) is 34.4 Å². The molecule has 2 heteroatoms. The molecule has 0 amide bonds. The van der Waals surface area contributed by atoms with Gasteiger partial charge in [-0.25, -0.2) is 0 Å². The second kappa shape index (κ2) is 3.11. The Morgan fingerprint density at radius 3 is 2.54 bits per heavy atom. The van der Waals surface area contributed by atoms with E-state index in [1.807, 2.05) is 11.8 Å². The predicted molar refractivity (Wildman–Crippen MR) is 59.2 cm³/mol. The highest BCUT2D eigenvalue weighted by atomic mass is 32.2. The molecule has 1 nitrogen and oxygen atoms in total. The number of hydrogen-bond acceptors (Lipinski definition) is 2. The van der Waals surface area contributed by atoms with Gasteiger partial charge in [0.2, 0.25) is 0 Å². The van der Waals surface area contributed by atoms with Gasteiger partial charge in [0, 0.05) is 16.0 Å². The van der Waals surface area contributed by atoms with Gasteiger partial charge in [-0.15, -0.1) is 0 Å². The summed E-state index contributed by atoms with van der Waals surface area (Å²) < 4.78 is 0. The summed E-state index contributed by atoms with van der Waals surface area (Å²) in [7, 11) is 0. The fourth-order valence-corrected chi connectivity index (χ4v) is 2.30. The number of nitrogens with one attached hydrogen (secondary N) is 1. The average Bonchev–Trinajstić information content (AvgIpc) is 2.08. The van der Waals surface area contributed by atoms with Gasteiger partial charge in [-0.2, -0.15) is 0 Å². The Morgan fingerprint density at radius 1 is 1.08 bits per heavy atom. The first-order valence-corrected chi connectivity index (χ1v) is 5.21. The average molecular weight is 191 g/mol. The van der Waals surface area contributed by atoms with Crippen LogP contribution < -0.4 is 5.32 Å². The van der Waals surface area contributed by atoms with Crippen molar-refractivity contribution in [2.24, 2.45) is 0 Å². The van der Waals surface area contributed by atoms with Crippen molar-refractivity contribution in [3.8, 4) is 0 Å². The molecule has 0 saturated carbocycles. The summed E-state index contributed by atoms with van der Waals surface area (Å²) in [5, 5.41) is 3.30. The zero-order valence-electron chi connectivity index (χ0n) is 8.14. The lowest BCUT2D eigenvalue weighted by molar-refractivity contribution is 1.26. The Kier molecular flexibility index (Phi) is 2.08. The van der Waals surface area contributed by atoms with Crippen molar-refractivity contribution in [1.82, 2.24) is 0 Å². The molecule has 1 aromatic carbocycles. The van der Waals surface area contributed by atoms with E-state index in [1.54, 1.807) is 0 Å². The molecule has 0 unspecified atom stereocenters. The number of rotatable bonds is 0. The molecule has 0 bridgehead atoms. The normalized spacial score (nSPS) is 14.5. The minimum atomic E-state index is 1.23. The van der Waals surface area contributed by atoms with Crippen LogP contribution in [0.25, 0.3) is 0 Å². The predicted octanol–water partition coefficient (Wildman–Crippen LogP) is 3.68. The molecule has 0 aromatic heterocycles. The van der Waals surface area contributed by atoms with Crippen LogP contribution in [0.1, 0.15) is 18.1 Å². The smallest absolute Gasteiger partial charge is 0.0524 e. The van der Waals surface area contributed by atoms with Crippen LogP contribution in [-0.2, 0) is 0 Å². The quantitative estimate of drug-likeness (QED) is 0.671. The van der Waals surface area contributed by atoms with Gasteiger partial charge in [0.25, 0.3) is 0 Å². The van der Waals surface area contributed by atoms with Gasteiger partial charge >= 0.3 is 0 Å². The highest BCUT2D eigenvalue weighted by Crippen LogP contribution is 2.37. The topological polar surface area (TPSA) is 12.0 Å². The molecule has 0 radical (unpaired) electrons. The number of hydrogen-bond donors (Lipinski definition) is 1. The van der Waals surface area contributed by atoms with Crippen LogP contribution in [0.4, 0.5) is 5.69 Å². The van der Waals surface area contributed by atoms with E-state index in [9.17, 15) is 0 Å². The van der Waals surface area contributed by atoms with Gasteiger partial charge in [-0.05, 0) is 44.0 Å². The highest BCUT2D eigenvalue weighted by molar-refractivity contribution is 8.03. The molecular weight excluding hydrogens is 178 g/mol. The van der Waals surface area contributed by atoms with E-state index < -0.39 is 0 Å². The van der Waals surface area contributed by atoms with Crippen LogP contribution in [0.3, 0.4) is 0 Å². The first kappa shape index (κ1) is 8.70. The van der Waals surface area contributed by atoms with Crippen molar-refractivity contribution in [2.45, 2.75) is 25.7 Å². The van der Waals surface area contributed by atoms with Crippen LogP contribution in [0.5, 0.6) is 0 Å². The third-order valence-corrected chi connectivity index (χ3v) is 3.30. The summed E-state index contributed by atoms with van der Waals surface area (Å²) in [5.41, 5.74) is 3.95. The second-order valence-corrected chi connectivity index (χ2v) is 4.72. The first-order valence-electron chi connectivity index (χ1n) is 4.39. The lowest BCUT2D eigenvalue weighted by Gasteiger charge is -2.17. The number of anilines is 1. The number of allylic oxidation sites excluding steroid dienone is 1. The molecule has 0 aliphatic carbocycles. The molecule has 1 heterocycles. The Morgan fingerprint density at radius 2 is 1.77 bits per heavy atom. The number of aryl methyl sites for hydroxylation is 2. The molecule has 13 heavy (non-hydrogen) atoms. The van der Waals surface area contributed by atoms with Gasteiger partial charge < -0.3 is 5.32 Å². The summed E-state index contributed by atoms with van der Waals surface area (Å²) in [4.78, 5) is 2.65. The van der Waals surface area contributed by atoms with Crippen LogP contribution in [0, 0.1) is 13.8 Å². The highest BCUT2D eigenvalue weighted by Gasteiger charge is 2.09. The molecule has 1 aliphatic heterocycles. The third-order valence-electron chi connectivity index (χ3n) is 2.30. The lowest BCUT2D eigenvalue weighted by Crippen LogP contribution is -1.98. The molecule has 68 valence electrons. The largest absolute Gasteiger partial charge is 0.360 e. The van der Waals surface area contributed by atoms with Crippen LogP contribution >= 0.6 is 11.8 Å². The number of fused-ring (bicyclic) bond motifs is 1. The van der Waals surface area contributed by atoms with Gasteiger partial charge in [0.15, 0.2) is 0 Å². The van der Waals surface area contributed by atoms with Crippen molar-refractivity contribution in [3.63, 3.8) is 0 Å². The lowest BCUT2D eigenvalue weighted by atomic mass is 10.1. The van der Waals surface area contributed by atoms with Crippen molar-refractivity contribution in [2.75, 3.05) is 5.32 Å². The standard InChI is InChI=1S/C11H13NS/c1-7-4-10-11(5-8(7)2)13-9(3)6-12-10/h4-6,12H,1-3H3. The monoisotopic (exact) mass is 191 g/mol. The summed E-state index contributed by atoms with van der Waals surface area (Å²) in [6.07, 6.45) is 2.06. The Labute approximate surface area is 83.2 Å². The van der Waals surface area contributed by atoms with Crippen molar-refractivity contribution < 1.29 is 0 Å². The Hall–Kier alpha value is -0.890. The van der Waals surface area contributed by atoms with E-state index in [0.717, 1.165) is 0 Å². The SMILES string of the molecule is CC1=CNc2cc(C)c(C)cc2S1. The van der Waals surface area contributed by atoms with Crippen LogP contribution in [-0.4, -0.2) is 0 Å². The maximum absolute atomic E-state index is 3.30. The van der Waals surface area contributed by atoms with Gasteiger partial charge in [-0.3, -0.25) is 0 Å². The van der Waals surface area contributed by atoms with Gasteiger partial charge in [0.1, 0.15) is 0 Å². The van der Waals surface area contributed by atoms with E-state index in [-0.39, 0.29) is 0 Å². The molecule has 1 N–H and O–H groups in total. The Balaban J connectivity index is 2.48. The Bertz CT molecular complexity index is 380. The minimum Gasteiger partial charge on any atom is -0.360 e. The molecule has 0 fully saturated rings. The first-order chi connectivity index (χ1) is 6.16. The van der Waals surface area contributed by atoms with E-state index in [4.69, 9.17) is 0 Å². The summed E-state index contributed by atoms with van der Waals surface area (Å²) in [6, 6.07) is 4.46. The van der Waals surface area contributed by atoms with E-state index in [1.165, 1.54) is 26.6 Å². The molecule has 2 rings (SSSR count). The molecule has 1 aromatic rings. The van der Waals surface area contributed by atoms with Crippen molar-refractivity contribution >= 4 is 17.4 Å². The maximum Gasteiger partial charge on any atom is 0.0524 e. The van der Waals surface area contributed by atoms with E-state index >= 15 is 0 Å². The summed E-state index contributed by atoms with van der Waals surface area (Å²) >= 11 is 1.83. The third kappa shape index (κ3) is 1.59. The minimum absolute atomic E-state index is 1.23. The summed E-state index contributed by atoms with van der Waals surface area (Å²) in [5.74, 6) is 0. The second-order valence-electron chi connectivity index (χ2n) is 3.43. The fraction of sp³-hybridized carbons (Fsp3) is 0.273. The number of benzene rings is 1.